The number of β-amino-alcohol motifs (C(OH)–C–C–N with tert-alkyl or cyclic N) is 1. The minimum Gasteiger partial charge on any atom is -0.508 e. The number of hydrogen-bond donors (Lipinski definition) is 32. The van der Waals surface area contributed by atoms with Crippen molar-refractivity contribution < 1.29 is 117 Å². The number of aliphatic carboxylic acids is 1. The molecule has 48 nitrogen and oxygen atoms in total. The average Bonchev–Trinajstić information content (AvgIpc) is 1.75. The van der Waals surface area contributed by atoms with E-state index in [2.05, 4.69) is 105 Å². The lowest BCUT2D eigenvalue weighted by molar-refractivity contribution is -0.142. The van der Waals surface area contributed by atoms with E-state index in [1.54, 1.807) is 27.7 Å². The first-order chi connectivity index (χ1) is 61.0. The predicted octanol–water partition coefficient (Wildman–Crippen LogP) is -10.9. The third-order valence-electron chi connectivity index (χ3n) is 20.9. The highest BCUT2D eigenvalue weighted by molar-refractivity contribution is 7.81. The number of amides is 16. The monoisotopic (exact) mass is 1880 g/mol. The number of carboxylic acids is 1. The number of guanidine groups is 1. The van der Waals surface area contributed by atoms with Crippen molar-refractivity contribution in [2.75, 3.05) is 51.6 Å². The third kappa shape index (κ3) is 37.2. The minimum absolute atomic E-state index is 0.0123. The maximum atomic E-state index is 14.8. The molecule has 1 aliphatic rings. The van der Waals surface area contributed by atoms with Gasteiger partial charge < -0.3 is 161 Å². The Labute approximate surface area is 762 Å². The second-order valence-electron chi connectivity index (χ2n) is 32.5. The molecule has 50 heteroatoms. The Morgan fingerprint density at radius 3 is 1.26 bits per heavy atom. The molecule has 0 unspecified atom stereocenters. The first-order valence-corrected chi connectivity index (χ1v) is 43.3. The highest BCUT2D eigenvalue weighted by Gasteiger charge is 2.46. The number of nitrogens with zero attached hydrogens (tertiary/aromatic N) is 1. The van der Waals surface area contributed by atoms with Crippen LogP contribution in [-0.4, -0.2) is 318 Å². The summed E-state index contributed by atoms with van der Waals surface area (Å²) in [5, 5.41) is 116. The number of rotatable bonds is 57. The molecule has 0 saturated carbocycles. The van der Waals surface area contributed by atoms with Gasteiger partial charge in [-0.25, -0.2) is 4.79 Å². The molecule has 1 saturated heterocycles. The summed E-state index contributed by atoms with van der Waals surface area (Å²) >= 11 is 8.72. The van der Waals surface area contributed by atoms with Crippen molar-refractivity contribution >= 4 is 132 Å². The van der Waals surface area contributed by atoms with E-state index in [4.69, 9.17) is 45.5 Å². The summed E-state index contributed by atoms with van der Waals surface area (Å²) in [7, 11) is 0. The van der Waals surface area contributed by atoms with Crippen LogP contribution in [0, 0.1) is 17.2 Å². The largest absolute Gasteiger partial charge is 0.508 e. The van der Waals surface area contributed by atoms with Gasteiger partial charge in [0.1, 0.15) is 102 Å². The van der Waals surface area contributed by atoms with Crippen LogP contribution < -0.4 is 120 Å². The quantitative estimate of drug-likeness (QED) is 0.0127. The second kappa shape index (κ2) is 55.6. The van der Waals surface area contributed by atoms with Crippen molar-refractivity contribution in [3.8, 4) is 11.5 Å². The van der Waals surface area contributed by atoms with E-state index in [-0.39, 0.29) is 102 Å². The van der Waals surface area contributed by atoms with Gasteiger partial charge in [-0.2, -0.15) is 25.3 Å². The number of carboxylic acid groups (broad SMARTS) is 1. The maximum absolute atomic E-state index is 14.8. The highest BCUT2D eigenvalue weighted by Crippen LogP contribution is 2.24. The number of carbonyl (C=O) groups is 17. The Kier molecular flexibility index (Phi) is 48.3. The van der Waals surface area contributed by atoms with Crippen LogP contribution >= 0.6 is 25.3 Å². The predicted molar refractivity (Wildman–Crippen MR) is 476 cm³/mol. The molecule has 37 N–H and O–H groups in total. The maximum Gasteiger partial charge on any atom is 0.326 e. The smallest absolute Gasteiger partial charge is 0.326 e. The van der Waals surface area contributed by atoms with Crippen molar-refractivity contribution in [1.29, 1.82) is 5.41 Å². The fourth-order valence-electron chi connectivity index (χ4n) is 13.2. The molecule has 3 rings (SSSR count). The molecular weight excluding hydrogens is 1750 g/mol. The molecule has 0 aromatic heterocycles. The van der Waals surface area contributed by atoms with Gasteiger partial charge in [-0.1, -0.05) is 58.4 Å². The molecule has 1 heterocycles. The van der Waals surface area contributed by atoms with Crippen molar-refractivity contribution in [2.45, 2.75) is 252 Å². The van der Waals surface area contributed by atoms with Gasteiger partial charge in [0.05, 0.1) is 37.4 Å². The average molecular weight is 1880 g/mol. The van der Waals surface area contributed by atoms with E-state index in [0.29, 0.717) is 17.5 Å². The molecule has 0 spiro atoms. The van der Waals surface area contributed by atoms with E-state index in [1.807, 2.05) is 0 Å². The normalized spacial score (nSPS) is 17.3. The molecular formula is C80H132N24O24S2. The van der Waals surface area contributed by atoms with Crippen LogP contribution in [0.2, 0.25) is 0 Å². The standard InChI is InChI=1S/C80H132N24O24S2/c1-9-38(4)59(100-72(121)56-32-45(110)34-104(56)77(126)58(86)37(2)3)73(122)103-62(80(7,8)130)76(125)96-51(30-41-14-18-43(108)19-15-41)68(117)93-48(22-26-82)65(114)95-52(33-57(85)111)69(118)91-47(13-11-29-89-79(87)88)63(112)92-50(24-28-84)67(116)102-60(39(5)106)74(123)94-49(23-27-83)64(113)90-46(12-10-25-81)66(115)101-61(40(6)107)75(124)98-54(35-105)70(119)99-55(36-129)71(120)97-53(78(127)128)31-42-16-20-44(109)21-17-42/h14-21,37-40,45-56,58-62,105-110,129-130H,9-13,22-36,81-84,86H2,1-8H3,(H2,85,111)(H,90,113)(H,91,118)(H,92,112)(H,93,117)(H,94,123)(H,95,114)(H,96,125)(H,97,120)(H,98,124)(H,99,119)(H,100,121)(H,101,115)(H,102,116)(H,103,122)(H,127,128)(H4,87,88,89)/t38-,39+,40+,45+,46-,47-,48-,49+,50-,51-,52-,53-,54-,55-,56-,58-,59-,60-,61-,62+/m0/s1. The topological polar surface area (TPSA) is 821 Å². The first kappa shape index (κ1) is 113. The van der Waals surface area contributed by atoms with E-state index in [0.717, 1.165) is 18.7 Å². The number of aliphatic hydroxyl groups excluding tert-OH is 4. The van der Waals surface area contributed by atoms with Gasteiger partial charge in [-0.05, 0) is 146 Å². The fourth-order valence-corrected chi connectivity index (χ4v) is 13.6. The lowest BCUT2D eigenvalue weighted by atomic mass is 9.95. The molecule has 20 atom stereocenters. The van der Waals surface area contributed by atoms with Crippen LogP contribution in [0.3, 0.4) is 0 Å². The van der Waals surface area contributed by atoms with Gasteiger partial charge in [0.25, 0.3) is 0 Å². The van der Waals surface area contributed by atoms with Crippen molar-refractivity contribution in [2.24, 2.45) is 52.0 Å². The molecule has 0 bridgehead atoms. The van der Waals surface area contributed by atoms with Gasteiger partial charge in [0.2, 0.25) is 94.5 Å². The number of carbonyl (C=O) groups excluding carboxylic acids is 16. The molecule has 1 fully saturated rings. The van der Waals surface area contributed by atoms with Crippen molar-refractivity contribution in [3.05, 3.63) is 59.7 Å². The van der Waals surface area contributed by atoms with Gasteiger partial charge in [-0.3, -0.25) is 82.1 Å². The SMILES string of the molecule is CC[C@H](C)[C@H](NC(=O)[C@@H]1C[C@@H](O)CN1C(=O)[C@@H](N)C(C)C)C(=O)N[C@H](C(=O)N[C@@H](Cc1ccc(O)cc1)C(=O)N[C@@H](CCN)C(=O)N[C@@H](CC(N)=O)C(=O)N[C@@H](CCCNC(=N)N)C(=O)N[C@@H](CCN)C(=O)N[C@H](C(=O)N[C@H](CCN)C(=O)N[C@@H](CCCN)C(=O)N[C@H](C(=O)N[C@@H](CO)C(=O)N[C@@H](CS)C(=O)N[C@@H](Cc1ccc(O)cc1)C(=O)O)[C@@H](C)O)[C@@H](C)O)C(C)(C)S. The minimum atomic E-state index is -1.99. The Morgan fingerprint density at radius 2 is 0.862 bits per heavy atom. The molecule has 0 radical (unpaired) electrons. The molecule has 2 aromatic carbocycles. The number of primary amides is 1. The summed E-state index contributed by atoms with van der Waals surface area (Å²) in [6, 6.07) is -15.5. The van der Waals surface area contributed by atoms with Crippen LogP contribution in [0.1, 0.15) is 131 Å². The molecule has 728 valence electrons. The number of phenols is 2. The molecule has 1 aliphatic heterocycles. The summed E-state index contributed by atoms with van der Waals surface area (Å²) in [6.45, 7) is 9.23. The summed E-state index contributed by atoms with van der Waals surface area (Å²) in [5.74, 6) is -21.1. The number of hydrogen-bond acceptors (Lipinski definition) is 31. The zero-order valence-corrected chi connectivity index (χ0v) is 75.6. The van der Waals surface area contributed by atoms with Gasteiger partial charge >= 0.3 is 5.97 Å². The lowest BCUT2D eigenvalue weighted by Gasteiger charge is -2.34. The third-order valence-corrected chi connectivity index (χ3v) is 21.5. The Balaban J connectivity index is 1.90. The van der Waals surface area contributed by atoms with E-state index in [1.165, 1.54) is 62.4 Å². The number of likely N-dealkylation sites (tertiary alicyclic amines) is 1. The molecule has 130 heavy (non-hydrogen) atoms. The van der Waals surface area contributed by atoms with Crippen LogP contribution in [0.25, 0.3) is 0 Å². The number of thiol groups is 2. The number of nitrogens with one attached hydrogen (secondary N) is 16. The van der Waals surface area contributed by atoms with Crippen molar-refractivity contribution in [3.63, 3.8) is 0 Å². The van der Waals surface area contributed by atoms with E-state index >= 15 is 0 Å². The number of aromatic hydroxyl groups is 2. The summed E-state index contributed by atoms with van der Waals surface area (Å²) in [6.07, 6.45) is -8.10. The summed E-state index contributed by atoms with van der Waals surface area (Å²) in [4.78, 5) is 238. The van der Waals surface area contributed by atoms with Crippen LogP contribution in [0.5, 0.6) is 11.5 Å². The Hall–Kier alpha value is -11.4. The van der Waals surface area contributed by atoms with Crippen LogP contribution in [0.15, 0.2) is 48.5 Å². The fraction of sp³-hybridized carbons (Fsp3) is 0.625. The number of phenolic OH excluding ortho intramolecular Hbond substituents is 2. The van der Waals surface area contributed by atoms with E-state index in [9.17, 15) is 117 Å². The van der Waals surface area contributed by atoms with Gasteiger partial charge in [0, 0.05) is 42.9 Å². The summed E-state index contributed by atoms with van der Waals surface area (Å²) in [5.41, 5.74) is 41.5. The number of nitrogens with two attached hydrogens (primary N) is 7. The highest BCUT2D eigenvalue weighted by atomic mass is 32.1. The second-order valence-corrected chi connectivity index (χ2v) is 34.0. The van der Waals surface area contributed by atoms with Gasteiger partial charge in [0.15, 0.2) is 5.96 Å². The van der Waals surface area contributed by atoms with Crippen LogP contribution in [-0.2, 0) is 94.3 Å². The lowest BCUT2D eigenvalue weighted by Crippen LogP contribution is -2.64. The first-order valence-electron chi connectivity index (χ1n) is 42.3. The van der Waals surface area contributed by atoms with E-state index < -0.39 is 270 Å². The molecule has 2 aromatic rings. The summed E-state index contributed by atoms with van der Waals surface area (Å²) < 4.78 is -1.47. The Morgan fingerprint density at radius 1 is 0.492 bits per heavy atom. The zero-order valence-electron chi connectivity index (χ0n) is 73.8. The number of benzene rings is 2. The number of aliphatic hydroxyl groups is 4. The Bertz CT molecular complexity index is 4170. The zero-order chi connectivity index (χ0) is 98.3. The van der Waals surface area contributed by atoms with Crippen LogP contribution in [0.4, 0.5) is 0 Å². The molecule has 16 amide bonds. The van der Waals surface area contributed by atoms with Crippen molar-refractivity contribution in [1.82, 2.24) is 84.7 Å². The molecule has 0 aliphatic carbocycles. The van der Waals surface area contributed by atoms with Gasteiger partial charge in [-0.15, -0.1) is 0 Å².